The summed E-state index contributed by atoms with van der Waals surface area (Å²) < 4.78 is 28.9. The van der Waals surface area contributed by atoms with Crippen LogP contribution in [-0.4, -0.2) is 52.1 Å². The molecule has 0 spiro atoms. The van der Waals surface area contributed by atoms with E-state index in [4.69, 9.17) is 0 Å². The lowest BCUT2D eigenvalue weighted by Crippen LogP contribution is -2.51. The van der Waals surface area contributed by atoms with Crippen molar-refractivity contribution < 1.29 is 18.0 Å². The Balaban J connectivity index is 1.77. The molecule has 0 saturated carbocycles. The normalized spacial score (nSPS) is 18.2. The van der Waals surface area contributed by atoms with Crippen molar-refractivity contribution in [2.45, 2.75) is 50.1 Å². The number of carbonyl (C=O) groups excluding carboxylic acids is 2. The first-order valence-corrected chi connectivity index (χ1v) is 12.7. The zero-order valence-electron chi connectivity index (χ0n) is 19.1. The molecule has 2 amide bonds. The number of benzene rings is 2. The van der Waals surface area contributed by atoms with Crippen LogP contribution in [0.1, 0.15) is 33.1 Å². The molecule has 0 bridgehead atoms. The van der Waals surface area contributed by atoms with Crippen molar-refractivity contribution in [2.24, 2.45) is 16.8 Å². The maximum absolute atomic E-state index is 13.1. The largest absolute Gasteiger partial charge is 0.356 e. The van der Waals surface area contributed by atoms with E-state index in [2.05, 4.69) is 27.1 Å². The molecule has 33 heavy (non-hydrogen) atoms. The summed E-state index contributed by atoms with van der Waals surface area (Å²) >= 11 is 0. The first kappa shape index (κ1) is 24.9. The molecule has 178 valence electrons. The fraction of sp³-hybridized carbons (Fsp3) is 0.458. The van der Waals surface area contributed by atoms with Crippen LogP contribution in [0.3, 0.4) is 0 Å². The molecule has 1 aliphatic heterocycles. The van der Waals surface area contributed by atoms with Crippen molar-refractivity contribution in [3.05, 3.63) is 42.5 Å². The van der Waals surface area contributed by atoms with Crippen LogP contribution in [0.25, 0.3) is 10.8 Å². The number of hydrogen-bond acceptors (Lipinski definition) is 5. The van der Waals surface area contributed by atoms with Crippen LogP contribution in [-0.2, 0) is 19.6 Å². The second-order valence-corrected chi connectivity index (χ2v) is 10.7. The van der Waals surface area contributed by atoms with E-state index in [0.717, 1.165) is 10.8 Å². The molecule has 1 aliphatic rings. The van der Waals surface area contributed by atoms with Crippen LogP contribution in [0.15, 0.2) is 52.4 Å². The Bertz CT molecular complexity index is 1120. The zero-order valence-corrected chi connectivity index (χ0v) is 19.9. The summed E-state index contributed by atoms with van der Waals surface area (Å²) in [6, 6.07) is 11.0. The molecule has 1 saturated heterocycles. The van der Waals surface area contributed by atoms with Gasteiger partial charge in [0.2, 0.25) is 21.8 Å². The Hall–Kier alpha value is -2.78. The van der Waals surface area contributed by atoms with Gasteiger partial charge in [-0.1, -0.05) is 44.2 Å². The molecule has 0 radical (unpaired) electrons. The molecule has 0 aromatic heterocycles. The van der Waals surface area contributed by atoms with Gasteiger partial charge in [0.25, 0.3) is 0 Å². The maximum atomic E-state index is 13.1. The Labute approximate surface area is 195 Å². The lowest BCUT2D eigenvalue weighted by molar-refractivity contribution is -0.125. The summed E-state index contributed by atoms with van der Waals surface area (Å²) in [7, 11) is -3.93. The minimum Gasteiger partial charge on any atom is -0.356 e. The highest BCUT2D eigenvalue weighted by molar-refractivity contribution is 7.89. The molecule has 2 aromatic carbocycles. The molecule has 3 rings (SSSR count). The number of carbonyl (C=O) groups is 2. The van der Waals surface area contributed by atoms with Crippen LogP contribution in [0, 0.1) is 11.8 Å². The van der Waals surface area contributed by atoms with E-state index in [1.54, 1.807) is 12.1 Å². The quantitative estimate of drug-likeness (QED) is 0.435. The highest BCUT2D eigenvalue weighted by Gasteiger charge is 2.31. The molecule has 0 aliphatic carbocycles. The third-order valence-corrected chi connectivity index (χ3v) is 7.25. The Morgan fingerprint density at radius 1 is 1.21 bits per heavy atom. The van der Waals surface area contributed by atoms with Gasteiger partial charge in [-0.15, -0.1) is 0 Å². The Morgan fingerprint density at radius 2 is 1.94 bits per heavy atom. The number of rotatable bonds is 11. The summed E-state index contributed by atoms with van der Waals surface area (Å²) in [5.41, 5.74) is 0. The van der Waals surface area contributed by atoms with Gasteiger partial charge in [-0.05, 0) is 54.8 Å². The lowest BCUT2D eigenvalue weighted by Gasteiger charge is -2.25. The van der Waals surface area contributed by atoms with Gasteiger partial charge in [0.05, 0.1) is 11.4 Å². The highest BCUT2D eigenvalue weighted by Crippen LogP contribution is 2.20. The van der Waals surface area contributed by atoms with E-state index < -0.39 is 28.0 Å². The Morgan fingerprint density at radius 3 is 2.58 bits per heavy atom. The molecule has 0 unspecified atom stereocenters. The average Bonchev–Trinajstić information content (AvgIpc) is 3.16. The summed E-state index contributed by atoms with van der Waals surface area (Å²) in [6.07, 6.45) is 1.46. The molecular formula is C24H32N4O4S. The number of hydrogen-bond donors (Lipinski definition) is 3. The van der Waals surface area contributed by atoms with Gasteiger partial charge in [0.15, 0.2) is 0 Å². The van der Waals surface area contributed by atoms with Gasteiger partial charge in [-0.25, -0.2) is 8.42 Å². The van der Waals surface area contributed by atoms with E-state index in [-0.39, 0.29) is 29.2 Å². The molecule has 9 heteroatoms. The van der Waals surface area contributed by atoms with Gasteiger partial charge in [-0.2, -0.15) is 4.72 Å². The number of amides is 2. The van der Waals surface area contributed by atoms with Gasteiger partial charge in [0, 0.05) is 18.5 Å². The molecule has 1 heterocycles. The number of nitrogens with one attached hydrogen (secondary N) is 3. The molecule has 3 N–H and O–H groups in total. The van der Waals surface area contributed by atoms with Crippen molar-refractivity contribution in [3.63, 3.8) is 0 Å². The van der Waals surface area contributed by atoms with E-state index in [0.29, 0.717) is 25.8 Å². The summed E-state index contributed by atoms with van der Waals surface area (Å²) in [5.74, 6) is -0.583. The molecule has 1 fully saturated rings. The summed E-state index contributed by atoms with van der Waals surface area (Å²) in [4.78, 5) is 29.1. The van der Waals surface area contributed by atoms with Gasteiger partial charge in [-0.3, -0.25) is 14.6 Å². The minimum absolute atomic E-state index is 0.0333. The predicted octanol–water partition coefficient (Wildman–Crippen LogP) is 2.24. The second-order valence-electron chi connectivity index (χ2n) is 8.94. The van der Waals surface area contributed by atoms with Gasteiger partial charge >= 0.3 is 0 Å². The van der Waals surface area contributed by atoms with Crippen LogP contribution in [0.2, 0.25) is 0 Å². The maximum Gasteiger partial charge on any atom is 0.241 e. The van der Waals surface area contributed by atoms with Crippen molar-refractivity contribution in [1.82, 2.24) is 15.4 Å². The highest BCUT2D eigenvalue weighted by atomic mass is 32.2. The summed E-state index contributed by atoms with van der Waals surface area (Å²) in [5, 5.41) is 7.42. The number of sulfonamides is 1. The number of aliphatic imine (C=N–C) groups is 1. The first-order valence-electron chi connectivity index (χ1n) is 11.2. The average molecular weight is 473 g/mol. The fourth-order valence-corrected chi connectivity index (χ4v) is 5.36. The molecule has 8 nitrogen and oxygen atoms in total. The van der Waals surface area contributed by atoms with Crippen LogP contribution in [0.4, 0.5) is 0 Å². The van der Waals surface area contributed by atoms with E-state index in [1.807, 2.05) is 38.1 Å². The molecule has 3 atom stereocenters. The lowest BCUT2D eigenvalue weighted by atomic mass is 9.97. The van der Waals surface area contributed by atoms with Crippen LogP contribution < -0.4 is 15.4 Å². The number of nitrogens with zero attached hydrogens (tertiary/aromatic N) is 1. The third-order valence-electron chi connectivity index (χ3n) is 5.78. The van der Waals surface area contributed by atoms with E-state index in [1.165, 1.54) is 6.07 Å². The molecular weight excluding hydrogens is 440 g/mol. The minimum atomic E-state index is -3.93. The first-order chi connectivity index (χ1) is 15.7. The smallest absolute Gasteiger partial charge is 0.241 e. The van der Waals surface area contributed by atoms with Gasteiger partial charge < -0.3 is 10.6 Å². The second kappa shape index (κ2) is 10.9. The molecule has 2 aromatic rings. The standard InChI is InChI=1S/C24H32N4O4S/c1-16(2)12-22(24(30)27-20(15-25-3)13-19-10-11-26-23(19)29)28-33(31,32)21-9-8-17-6-4-5-7-18(17)14-21/h4-9,14,16,19-20,22,28H,3,10-13,15H2,1-2H3,(H,26,29)(H,27,30)/t19-,20-,22-/m0/s1. The monoisotopic (exact) mass is 472 g/mol. The van der Waals surface area contributed by atoms with Crippen molar-refractivity contribution in [3.8, 4) is 0 Å². The van der Waals surface area contributed by atoms with Crippen LogP contribution >= 0.6 is 0 Å². The fourth-order valence-electron chi connectivity index (χ4n) is 4.12. The van der Waals surface area contributed by atoms with Crippen LogP contribution in [0.5, 0.6) is 0 Å². The van der Waals surface area contributed by atoms with Crippen molar-refractivity contribution in [2.75, 3.05) is 13.1 Å². The SMILES string of the molecule is C=NC[C@H](C[C@@H]1CCNC1=O)NC(=O)[C@H](CC(C)C)NS(=O)(=O)c1ccc2ccccc2c1. The zero-order chi connectivity index (χ0) is 24.0. The summed E-state index contributed by atoms with van der Waals surface area (Å²) in [6.45, 7) is 8.23. The topological polar surface area (TPSA) is 117 Å². The van der Waals surface area contributed by atoms with Crippen molar-refractivity contribution >= 4 is 39.3 Å². The Kier molecular flexibility index (Phi) is 8.20. The van der Waals surface area contributed by atoms with Gasteiger partial charge in [0.1, 0.15) is 6.04 Å². The number of fused-ring (bicyclic) bond motifs is 1. The van der Waals surface area contributed by atoms with E-state index >= 15 is 0 Å². The predicted molar refractivity (Wildman–Crippen MR) is 130 cm³/mol. The van der Waals surface area contributed by atoms with E-state index in [9.17, 15) is 18.0 Å². The van der Waals surface area contributed by atoms with Crippen molar-refractivity contribution in [1.29, 1.82) is 0 Å². The third kappa shape index (κ3) is 6.61.